The summed E-state index contributed by atoms with van der Waals surface area (Å²) in [5, 5.41) is 52.1. The Morgan fingerprint density at radius 3 is 2.45 bits per heavy atom. The fraction of sp³-hybridized carbons (Fsp3) is 0.400. The Kier molecular flexibility index (Phi) is 4.51. The van der Waals surface area contributed by atoms with Gasteiger partial charge >= 0.3 is 0 Å². The van der Waals surface area contributed by atoms with Crippen LogP contribution in [0.4, 0.5) is 0 Å². The molecule has 0 spiro atoms. The maximum Gasteiger partial charge on any atom is 0.174 e. The van der Waals surface area contributed by atoms with Gasteiger partial charge in [-0.2, -0.15) is 0 Å². The third-order valence-corrected chi connectivity index (χ3v) is 6.87. The van der Waals surface area contributed by atoms with Gasteiger partial charge in [-0.25, -0.2) is 0 Å². The van der Waals surface area contributed by atoms with Crippen molar-refractivity contribution in [2.75, 3.05) is 0 Å². The minimum atomic E-state index is -1.28. The molecule has 2 aromatic carbocycles. The maximum atomic E-state index is 12.7. The van der Waals surface area contributed by atoms with Gasteiger partial charge in [-0.1, -0.05) is 0 Å². The van der Waals surface area contributed by atoms with Gasteiger partial charge in [0.2, 0.25) is 0 Å². The van der Waals surface area contributed by atoms with Gasteiger partial charge in [0.1, 0.15) is 52.1 Å². The summed E-state index contributed by atoms with van der Waals surface area (Å²) in [5.74, 6) is -0.582. The molecule has 0 saturated heterocycles. The number of phenolic OH excluding ortho intramolecular Hbond substituents is 3. The van der Waals surface area contributed by atoms with E-state index >= 15 is 0 Å². The molecular formula is C25H26O8. The van der Waals surface area contributed by atoms with E-state index in [9.17, 15) is 30.3 Å². The number of benzene rings is 2. The van der Waals surface area contributed by atoms with Crippen molar-refractivity contribution in [1.82, 2.24) is 0 Å². The lowest BCUT2D eigenvalue weighted by Gasteiger charge is -2.46. The highest BCUT2D eigenvalue weighted by Gasteiger charge is 2.48. The molecule has 2 aliphatic heterocycles. The summed E-state index contributed by atoms with van der Waals surface area (Å²) in [6, 6.07) is 5.49. The molecule has 33 heavy (non-hydrogen) atoms. The number of ketones is 1. The zero-order chi connectivity index (χ0) is 23.9. The monoisotopic (exact) mass is 454 g/mol. The van der Waals surface area contributed by atoms with E-state index in [1.807, 2.05) is 13.8 Å². The number of Topliss-reactive ketones (excluding diaryl/α,β-unsaturated/α-hetero) is 1. The molecule has 8 nitrogen and oxygen atoms in total. The maximum absolute atomic E-state index is 12.7. The molecule has 3 aliphatic rings. The van der Waals surface area contributed by atoms with Gasteiger partial charge in [-0.05, 0) is 51.3 Å². The smallest absolute Gasteiger partial charge is 0.174 e. The fourth-order valence-electron chi connectivity index (χ4n) is 5.19. The van der Waals surface area contributed by atoms with Crippen LogP contribution in [0.25, 0.3) is 5.57 Å². The number of hydrogen-bond acceptors (Lipinski definition) is 8. The van der Waals surface area contributed by atoms with E-state index < -0.39 is 23.4 Å². The first kappa shape index (κ1) is 21.6. The number of fused-ring (bicyclic) bond motifs is 3. The Balaban J connectivity index is 1.59. The Bertz CT molecular complexity index is 1220. The van der Waals surface area contributed by atoms with Crippen LogP contribution in [0.5, 0.6) is 28.7 Å². The highest BCUT2D eigenvalue weighted by molar-refractivity contribution is 6.02. The second-order valence-corrected chi connectivity index (χ2v) is 9.74. The van der Waals surface area contributed by atoms with Crippen molar-refractivity contribution in [3.05, 3.63) is 46.5 Å². The number of aliphatic hydroxyl groups is 2. The van der Waals surface area contributed by atoms with Crippen LogP contribution in [0.3, 0.4) is 0 Å². The highest BCUT2D eigenvalue weighted by atomic mass is 16.5. The number of hydrogen-bond donors (Lipinski definition) is 5. The normalized spacial score (nSPS) is 27.7. The van der Waals surface area contributed by atoms with Gasteiger partial charge in [0, 0.05) is 28.8 Å². The number of allylic oxidation sites excluding steroid dienone is 1. The topological polar surface area (TPSA) is 137 Å². The zero-order valence-corrected chi connectivity index (χ0v) is 18.5. The average molecular weight is 454 g/mol. The summed E-state index contributed by atoms with van der Waals surface area (Å²) in [7, 11) is 0. The van der Waals surface area contributed by atoms with E-state index in [0.717, 1.165) is 11.6 Å². The van der Waals surface area contributed by atoms with E-state index in [-0.39, 0.29) is 40.8 Å². The van der Waals surface area contributed by atoms with E-state index in [1.54, 1.807) is 13.0 Å². The first-order chi connectivity index (χ1) is 15.4. The number of aromatic hydroxyl groups is 3. The summed E-state index contributed by atoms with van der Waals surface area (Å²) in [6.07, 6.45) is -1.22. The van der Waals surface area contributed by atoms with Crippen molar-refractivity contribution in [2.24, 2.45) is 0 Å². The lowest BCUT2D eigenvalue weighted by molar-refractivity contribution is -0.0667. The van der Waals surface area contributed by atoms with Crippen molar-refractivity contribution >= 4 is 11.4 Å². The molecular weight excluding hydrogens is 428 g/mol. The van der Waals surface area contributed by atoms with Crippen LogP contribution >= 0.6 is 0 Å². The van der Waals surface area contributed by atoms with Gasteiger partial charge < -0.3 is 35.0 Å². The van der Waals surface area contributed by atoms with Crippen molar-refractivity contribution in [1.29, 1.82) is 0 Å². The van der Waals surface area contributed by atoms with Gasteiger partial charge in [0.15, 0.2) is 5.78 Å². The number of rotatable bonds is 1. The number of ether oxygens (including phenoxy) is 2. The first-order valence-corrected chi connectivity index (χ1v) is 10.8. The fourth-order valence-corrected chi connectivity index (χ4v) is 5.19. The molecule has 5 rings (SSSR count). The molecule has 0 aromatic heterocycles. The Morgan fingerprint density at radius 2 is 1.73 bits per heavy atom. The van der Waals surface area contributed by atoms with E-state index in [0.29, 0.717) is 35.3 Å². The summed E-state index contributed by atoms with van der Waals surface area (Å²) in [6.45, 7) is 5.22. The van der Waals surface area contributed by atoms with Gasteiger partial charge in [-0.3, -0.25) is 4.79 Å². The average Bonchev–Trinajstić information content (AvgIpc) is 2.69. The SMILES string of the molecule is CC1(C)Oc2cc([C@@H]3CC(=O)c4c(O)cc(O)cc4O3)c(O)cc2C2=C1[C@H](O)[C@](C)(O)CC2. The predicted octanol–water partition coefficient (Wildman–Crippen LogP) is 3.34. The second-order valence-electron chi connectivity index (χ2n) is 9.74. The molecule has 0 radical (unpaired) electrons. The van der Waals surface area contributed by atoms with Crippen LogP contribution in [-0.4, -0.2) is 48.6 Å². The molecule has 0 bridgehead atoms. The van der Waals surface area contributed by atoms with Crippen LogP contribution in [0.15, 0.2) is 29.8 Å². The Hall–Kier alpha value is -3.23. The molecule has 2 aromatic rings. The molecule has 2 heterocycles. The van der Waals surface area contributed by atoms with Crippen LogP contribution in [-0.2, 0) is 0 Å². The third-order valence-electron chi connectivity index (χ3n) is 6.87. The highest BCUT2D eigenvalue weighted by Crippen LogP contribution is 2.52. The Labute approximate surface area is 190 Å². The summed E-state index contributed by atoms with van der Waals surface area (Å²) < 4.78 is 12.1. The molecule has 3 atom stereocenters. The van der Waals surface area contributed by atoms with Crippen LogP contribution < -0.4 is 9.47 Å². The molecule has 1 aliphatic carbocycles. The van der Waals surface area contributed by atoms with E-state index in [2.05, 4.69) is 0 Å². The summed E-state index contributed by atoms with van der Waals surface area (Å²) in [4.78, 5) is 12.7. The quantitative estimate of drug-likeness (QED) is 0.443. The Morgan fingerprint density at radius 1 is 1.00 bits per heavy atom. The summed E-state index contributed by atoms with van der Waals surface area (Å²) >= 11 is 0. The molecule has 0 unspecified atom stereocenters. The lowest BCUT2D eigenvalue weighted by atomic mass is 9.70. The minimum Gasteiger partial charge on any atom is -0.508 e. The van der Waals surface area contributed by atoms with Crippen molar-refractivity contribution in [2.45, 2.75) is 63.4 Å². The molecule has 0 fully saturated rings. The predicted molar refractivity (Wildman–Crippen MR) is 118 cm³/mol. The number of aliphatic hydroxyl groups excluding tert-OH is 1. The number of phenols is 3. The lowest BCUT2D eigenvalue weighted by Crippen LogP contribution is -2.51. The molecule has 0 saturated carbocycles. The van der Waals surface area contributed by atoms with Crippen LogP contribution in [0.1, 0.15) is 67.6 Å². The second kappa shape index (κ2) is 6.88. The van der Waals surface area contributed by atoms with Gasteiger partial charge in [0.05, 0.1) is 12.0 Å². The van der Waals surface area contributed by atoms with Crippen LogP contribution in [0.2, 0.25) is 0 Å². The van der Waals surface area contributed by atoms with Crippen molar-refractivity contribution in [3.63, 3.8) is 0 Å². The molecule has 174 valence electrons. The molecule has 8 heteroatoms. The van der Waals surface area contributed by atoms with Crippen molar-refractivity contribution in [3.8, 4) is 28.7 Å². The van der Waals surface area contributed by atoms with E-state index in [1.165, 1.54) is 12.1 Å². The zero-order valence-electron chi connectivity index (χ0n) is 18.5. The largest absolute Gasteiger partial charge is 0.508 e. The molecule has 0 amide bonds. The van der Waals surface area contributed by atoms with Gasteiger partial charge in [0.25, 0.3) is 0 Å². The summed E-state index contributed by atoms with van der Waals surface area (Å²) in [5.41, 5.74) is 0.173. The standard InChI is InChI=1S/C25H26O8/c1-24(2)22-12(4-5-25(3,31)23(22)30)13-8-15(27)14(9-19(13)33-24)18-10-17(29)21-16(28)6-11(26)7-20(21)32-18/h6-9,18,23,26-28,30-31H,4-5,10H2,1-3H3/t18-,23-,25+/m0/s1. The van der Waals surface area contributed by atoms with E-state index in [4.69, 9.17) is 9.47 Å². The van der Waals surface area contributed by atoms with Crippen molar-refractivity contribution < 1.29 is 39.8 Å². The van der Waals surface area contributed by atoms with Crippen LogP contribution in [0, 0.1) is 0 Å². The number of carbonyl (C=O) groups is 1. The third kappa shape index (κ3) is 3.24. The van der Waals surface area contributed by atoms with Gasteiger partial charge in [-0.15, -0.1) is 0 Å². The molecule has 5 N–H and O–H groups in total. The first-order valence-electron chi connectivity index (χ1n) is 10.8. The number of carbonyl (C=O) groups excluding carboxylic acids is 1. The minimum absolute atomic E-state index is 0.00285.